The van der Waals surface area contributed by atoms with E-state index in [1.54, 1.807) is 6.07 Å². The number of benzene rings is 1. The fraction of sp³-hybridized carbons (Fsp3) is 0.500. The molecule has 0 radical (unpaired) electrons. The van der Waals surface area contributed by atoms with Gasteiger partial charge in [0.1, 0.15) is 12.4 Å². The lowest BCUT2D eigenvalue weighted by Gasteiger charge is -2.12. The van der Waals surface area contributed by atoms with Crippen LogP contribution in [0.3, 0.4) is 0 Å². The highest BCUT2D eigenvalue weighted by Gasteiger charge is 2.27. The van der Waals surface area contributed by atoms with Crippen molar-refractivity contribution in [3.05, 3.63) is 34.1 Å². The molecule has 1 N–H and O–H groups in total. The van der Waals surface area contributed by atoms with Gasteiger partial charge in [0.15, 0.2) is 0 Å². The maximum atomic E-state index is 13.1. The van der Waals surface area contributed by atoms with Gasteiger partial charge in [-0.25, -0.2) is 4.39 Å². The summed E-state index contributed by atoms with van der Waals surface area (Å²) in [5.41, 5.74) is 0.565. The number of alkyl halides is 3. The van der Waals surface area contributed by atoms with Crippen molar-refractivity contribution in [2.45, 2.75) is 25.1 Å². The largest absolute Gasteiger partial charge is 0.411 e. The van der Waals surface area contributed by atoms with Crippen LogP contribution in [0.15, 0.2) is 22.7 Å². The molecule has 0 bridgehead atoms. The van der Waals surface area contributed by atoms with Gasteiger partial charge in [-0.3, -0.25) is 0 Å². The summed E-state index contributed by atoms with van der Waals surface area (Å²) in [7, 11) is 0. The SMILES string of the molecule is OC(CCOCC(F)(F)F)Cc1cc(F)cc(Br)c1. The number of rotatable bonds is 6. The second-order valence-electron chi connectivity index (χ2n) is 4.09. The van der Waals surface area contributed by atoms with E-state index in [1.165, 1.54) is 12.1 Å². The Hall–Kier alpha value is -0.660. The summed E-state index contributed by atoms with van der Waals surface area (Å²) < 4.78 is 53.3. The monoisotopic (exact) mass is 344 g/mol. The molecule has 0 saturated heterocycles. The first-order valence-electron chi connectivity index (χ1n) is 5.54. The third-order valence-electron chi connectivity index (χ3n) is 2.25. The van der Waals surface area contributed by atoms with Gasteiger partial charge in [0.05, 0.1) is 6.10 Å². The molecule has 0 aliphatic rings. The molecule has 0 spiro atoms. The van der Waals surface area contributed by atoms with Crippen molar-refractivity contribution in [1.29, 1.82) is 0 Å². The molecule has 0 aliphatic carbocycles. The van der Waals surface area contributed by atoms with E-state index in [0.29, 0.717) is 10.0 Å². The predicted octanol–water partition coefficient (Wildman–Crippen LogP) is 3.46. The summed E-state index contributed by atoms with van der Waals surface area (Å²) in [5.74, 6) is -0.440. The van der Waals surface area contributed by atoms with Gasteiger partial charge in [0.2, 0.25) is 0 Å². The highest BCUT2D eigenvalue weighted by molar-refractivity contribution is 9.10. The fourth-order valence-electron chi connectivity index (χ4n) is 1.51. The number of ether oxygens (including phenoxy) is 1. The summed E-state index contributed by atoms with van der Waals surface area (Å²) in [6.07, 6.45) is -5.02. The topological polar surface area (TPSA) is 29.5 Å². The maximum Gasteiger partial charge on any atom is 0.411 e. The van der Waals surface area contributed by atoms with Crippen molar-refractivity contribution < 1.29 is 27.4 Å². The molecule has 1 aromatic rings. The van der Waals surface area contributed by atoms with Gasteiger partial charge in [-0.05, 0) is 36.6 Å². The summed E-state index contributed by atoms with van der Waals surface area (Å²) in [6.45, 7) is -1.53. The molecule has 0 aromatic heterocycles. The van der Waals surface area contributed by atoms with Crippen LogP contribution in [0, 0.1) is 5.82 Å². The molecule has 1 unspecified atom stereocenters. The van der Waals surface area contributed by atoms with E-state index >= 15 is 0 Å². The average Bonchev–Trinajstić information content (AvgIpc) is 2.21. The van der Waals surface area contributed by atoms with Crippen molar-refractivity contribution in [3.63, 3.8) is 0 Å². The van der Waals surface area contributed by atoms with Crippen LogP contribution in [0.1, 0.15) is 12.0 Å². The van der Waals surface area contributed by atoms with Crippen LogP contribution in [-0.2, 0) is 11.2 Å². The van der Waals surface area contributed by atoms with Crippen molar-refractivity contribution in [2.24, 2.45) is 0 Å². The summed E-state index contributed by atoms with van der Waals surface area (Å²) in [5, 5.41) is 9.61. The molecule has 1 rings (SSSR count). The number of aliphatic hydroxyl groups is 1. The highest BCUT2D eigenvalue weighted by atomic mass is 79.9. The Morgan fingerprint density at radius 1 is 1.26 bits per heavy atom. The second kappa shape index (κ2) is 7.21. The zero-order valence-electron chi connectivity index (χ0n) is 9.88. The molecule has 0 fully saturated rings. The van der Waals surface area contributed by atoms with Crippen molar-refractivity contribution in [1.82, 2.24) is 0 Å². The first-order chi connectivity index (χ1) is 8.76. The van der Waals surface area contributed by atoms with E-state index in [2.05, 4.69) is 20.7 Å². The van der Waals surface area contributed by atoms with E-state index in [4.69, 9.17) is 0 Å². The van der Waals surface area contributed by atoms with E-state index in [-0.39, 0.29) is 19.4 Å². The van der Waals surface area contributed by atoms with Crippen LogP contribution in [0.5, 0.6) is 0 Å². The molecule has 0 aliphatic heterocycles. The van der Waals surface area contributed by atoms with E-state index in [0.717, 1.165) is 0 Å². The minimum Gasteiger partial charge on any atom is -0.393 e. The highest BCUT2D eigenvalue weighted by Crippen LogP contribution is 2.17. The molecular formula is C12H13BrF4O2. The average molecular weight is 345 g/mol. The molecule has 19 heavy (non-hydrogen) atoms. The third-order valence-corrected chi connectivity index (χ3v) is 2.71. The molecule has 7 heteroatoms. The maximum absolute atomic E-state index is 13.1. The lowest BCUT2D eigenvalue weighted by molar-refractivity contribution is -0.175. The van der Waals surface area contributed by atoms with Crippen molar-refractivity contribution in [3.8, 4) is 0 Å². The molecule has 0 amide bonds. The van der Waals surface area contributed by atoms with E-state index in [9.17, 15) is 22.7 Å². The molecular weight excluding hydrogens is 332 g/mol. The first kappa shape index (κ1) is 16.4. The Morgan fingerprint density at radius 3 is 2.53 bits per heavy atom. The number of hydrogen-bond donors (Lipinski definition) is 1. The molecule has 0 saturated carbocycles. The van der Waals surface area contributed by atoms with Gasteiger partial charge in [-0.1, -0.05) is 15.9 Å². The first-order valence-corrected chi connectivity index (χ1v) is 6.33. The van der Waals surface area contributed by atoms with Crippen LogP contribution < -0.4 is 0 Å². The zero-order chi connectivity index (χ0) is 14.5. The van der Waals surface area contributed by atoms with Gasteiger partial charge >= 0.3 is 6.18 Å². The lowest BCUT2D eigenvalue weighted by atomic mass is 10.1. The van der Waals surface area contributed by atoms with Gasteiger partial charge in [0.25, 0.3) is 0 Å². The lowest BCUT2D eigenvalue weighted by Crippen LogP contribution is -2.20. The quantitative estimate of drug-likeness (QED) is 0.632. The van der Waals surface area contributed by atoms with Crippen LogP contribution in [0.2, 0.25) is 0 Å². The van der Waals surface area contributed by atoms with Crippen LogP contribution in [0.25, 0.3) is 0 Å². The smallest absolute Gasteiger partial charge is 0.393 e. The Kier molecular flexibility index (Phi) is 6.22. The van der Waals surface area contributed by atoms with Gasteiger partial charge < -0.3 is 9.84 Å². The summed E-state index contributed by atoms with van der Waals surface area (Å²) in [6, 6.07) is 4.19. The van der Waals surface area contributed by atoms with Gasteiger partial charge in [-0.15, -0.1) is 0 Å². The van der Waals surface area contributed by atoms with Gasteiger partial charge in [0, 0.05) is 11.1 Å². The number of hydrogen-bond acceptors (Lipinski definition) is 2. The minimum absolute atomic E-state index is 0.0597. The molecule has 0 heterocycles. The van der Waals surface area contributed by atoms with Crippen molar-refractivity contribution in [2.75, 3.05) is 13.2 Å². The second-order valence-corrected chi connectivity index (χ2v) is 5.01. The Bertz CT molecular complexity index is 389. The standard InChI is InChI=1S/C12H13BrF4O2/c13-9-3-8(4-10(14)6-9)5-11(18)1-2-19-7-12(15,16)17/h3-4,6,11,18H,1-2,5,7H2. The Labute approximate surface area is 116 Å². The summed E-state index contributed by atoms with van der Waals surface area (Å²) >= 11 is 3.12. The number of halogens is 5. The van der Waals surface area contributed by atoms with Gasteiger partial charge in [-0.2, -0.15) is 13.2 Å². The Balaban J connectivity index is 2.33. The van der Waals surface area contributed by atoms with Crippen LogP contribution in [-0.4, -0.2) is 30.6 Å². The van der Waals surface area contributed by atoms with E-state index < -0.39 is 24.7 Å². The number of aliphatic hydroxyl groups excluding tert-OH is 1. The third kappa shape index (κ3) is 7.49. The molecule has 1 aromatic carbocycles. The predicted molar refractivity (Wildman–Crippen MR) is 65.3 cm³/mol. The molecule has 1 atom stereocenters. The molecule has 108 valence electrons. The Morgan fingerprint density at radius 2 is 1.95 bits per heavy atom. The molecule has 2 nitrogen and oxygen atoms in total. The summed E-state index contributed by atoms with van der Waals surface area (Å²) in [4.78, 5) is 0. The van der Waals surface area contributed by atoms with Crippen molar-refractivity contribution >= 4 is 15.9 Å². The fourth-order valence-corrected chi connectivity index (χ4v) is 2.02. The normalized spacial score (nSPS) is 13.6. The van der Waals surface area contributed by atoms with Crippen LogP contribution >= 0.6 is 15.9 Å². The minimum atomic E-state index is -4.36. The van der Waals surface area contributed by atoms with Crippen LogP contribution in [0.4, 0.5) is 17.6 Å². The van der Waals surface area contributed by atoms with E-state index in [1.807, 2.05) is 0 Å². The zero-order valence-corrected chi connectivity index (χ0v) is 11.5.